The molecule has 0 spiro atoms. The summed E-state index contributed by atoms with van der Waals surface area (Å²) in [7, 11) is 0. The zero-order valence-electron chi connectivity index (χ0n) is 41.4. The number of rotatable bonds is 26. The maximum absolute atomic E-state index is 12.3. The first-order valence-corrected chi connectivity index (χ1v) is 25.1. The van der Waals surface area contributed by atoms with Gasteiger partial charge in [-0.1, -0.05) is 89.1 Å². The number of ketones is 1. The summed E-state index contributed by atoms with van der Waals surface area (Å²) in [6.07, 6.45) is 10.8. The van der Waals surface area contributed by atoms with Gasteiger partial charge in [-0.05, 0) is 81.2 Å². The quantitative estimate of drug-likeness (QED) is 0.0280. The minimum atomic E-state index is -0.339. The third-order valence-corrected chi connectivity index (χ3v) is 13.1. The number of carbonyl (C=O) groups excluding carboxylic acids is 4. The maximum Gasteiger partial charge on any atom is 0.220 e. The number of nitrogens with one attached hydrogen (secondary N) is 2. The van der Waals surface area contributed by atoms with E-state index in [1.54, 1.807) is 0 Å². The molecule has 0 fully saturated rings. The van der Waals surface area contributed by atoms with E-state index in [1.165, 1.54) is 0 Å². The number of benzene rings is 3. The number of imidazole rings is 2. The van der Waals surface area contributed by atoms with E-state index >= 15 is 0 Å². The van der Waals surface area contributed by atoms with Gasteiger partial charge in [-0.2, -0.15) is 0 Å². The molecule has 0 radical (unpaired) electrons. The predicted molar refractivity (Wildman–Crippen MR) is 282 cm³/mol. The van der Waals surface area contributed by atoms with E-state index < -0.39 is 0 Å². The minimum Gasteiger partial charge on any atom is -0.382 e. The lowest BCUT2D eigenvalue weighted by molar-refractivity contribution is -0.124. The molecule has 4 aromatic heterocycles. The molecule has 0 aliphatic heterocycles. The molecule has 3 aromatic carbocycles. The molecule has 372 valence electrons. The van der Waals surface area contributed by atoms with Crippen LogP contribution in [0, 0.1) is 11.8 Å². The van der Waals surface area contributed by atoms with E-state index in [4.69, 9.17) is 32.9 Å². The summed E-state index contributed by atoms with van der Waals surface area (Å²) >= 11 is 0. The molecule has 4 heterocycles. The van der Waals surface area contributed by atoms with Crippen LogP contribution in [-0.2, 0) is 45.1 Å². The molecule has 16 heteroatoms. The van der Waals surface area contributed by atoms with Crippen molar-refractivity contribution in [1.82, 2.24) is 34.4 Å². The van der Waals surface area contributed by atoms with Crippen LogP contribution in [0.1, 0.15) is 122 Å². The first-order chi connectivity index (χ1) is 33.9. The van der Waals surface area contributed by atoms with Gasteiger partial charge < -0.3 is 42.7 Å². The average Bonchev–Trinajstić information content (AvgIpc) is 3.91. The zero-order chi connectivity index (χ0) is 50.2. The maximum atomic E-state index is 12.3. The topological polar surface area (TPSA) is 258 Å². The Balaban J connectivity index is 0.000000231. The normalized spacial score (nSPS) is 12.2. The number of para-hydroxylation sites is 2. The van der Waals surface area contributed by atoms with E-state index in [-0.39, 0.29) is 41.9 Å². The molecular formula is C54H72N12O4. The van der Waals surface area contributed by atoms with Crippen molar-refractivity contribution in [3.8, 4) is 0 Å². The molecular weight excluding hydrogens is 881 g/mol. The number of aromatic nitrogens is 6. The Kier molecular flexibility index (Phi) is 19.0. The molecule has 0 aliphatic rings. The number of pyridine rings is 2. The van der Waals surface area contributed by atoms with E-state index in [2.05, 4.69) is 67.8 Å². The second kappa shape index (κ2) is 25.5. The van der Waals surface area contributed by atoms with Crippen LogP contribution in [0.5, 0.6) is 0 Å². The van der Waals surface area contributed by atoms with Crippen molar-refractivity contribution in [2.24, 2.45) is 23.3 Å². The average molecular weight is 953 g/mol. The van der Waals surface area contributed by atoms with Gasteiger partial charge in [0.1, 0.15) is 22.7 Å². The number of nitrogen functional groups attached to an aromatic ring is 2. The summed E-state index contributed by atoms with van der Waals surface area (Å²) in [5, 5.41) is 8.25. The number of aryl methyl sites for hydroxylation is 3. The fraction of sp³-hybridized carbons (Fsp3) is 0.444. The highest BCUT2D eigenvalue weighted by molar-refractivity contribution is 6.07. The SMILES string of the molecule is CCCCc1nc2c(N)nc3ccccc3c2n1CCCCNC(=O)CCC(CC)C(N)=O.CCCCc1nc2c(N)nc3ccccc3c2n1Cc1ccc(NCC(=O)CCC(CC)C(N)=O)cc1. The van der Waals surface area contributed by atoms with Crippen LogP contribution in [0.15, 0.2) is 72.8 Å². The standard InChI is InChI=1S/C29H36N6O2.C25H36N6O2/c1-3-5-10-25-34-26-27(23-8-6-7-9-24(23)33-28(26)30)35(25)18-19-11-14-21(15-12-19)32-17-22(36)16-13-20(4-2)29(31)37;1-3-5-12-20-30-22-23(18-10-6-7-11-19(18)29-24(22)26)31(20)16-9-8-15-28-21(32)14-13-17(4-2)25(27)33/h6-9,11-12,14-15,20,32H,3-5,10,13,16-18H2,1-2H3,(H2,30,33)(H2,31,37);6-7,10-11,17H,3-5,8-9,12-16H2,1-2H3,(H2,26,29)(H2,27,33)(H,28,32). The minimum absolute atomic E-state index is 0.0312. The molecule has 0 saturated carbocycles. The molecule has 70 heavy (non-hydrogen) atoms. The van der Waals surface area contributed by atoms with Gasteiger partial charge in [-0.25, -0.2) is 19.9 Å². The largest absolute Gasteiger partial charge is 0.382 e. The molecule has 0 saturated heterocycles. The molecule has 7 aromatic rings. The van der Waals surface area contributed by atoms with Gasteiger partial charge in [0.05, 0.1) is 28.6 Å². The lowest BCUT2D eigenvalue weighted by Gasteiger charge is -2.13. The lowest BCUT2D eigenvalue weighted by Crippen LogP contribution is -2.28. The van der Waals surface area contributed by atoms with Crippen LogP contribution in [0.2, 0.25) is 0 Å². The van der Waals surface area contributed by atoms with Gasteiger partial charge in [-0.3, -0.25) is 19.2 Å². The zero-order valence-corrected chi connectivity index (χ0v) is 41.4. The van der Waals surface area contributed by atoms with Crippen LogP contribution >= 0.6 is 0 Å². The second-order valence-electron chi connectivity index (χ2n) is 18.2. The van der Waals surface area contributed by atoms with Crippen molar-refractivity contribution < 1.29 is 19.2 Å². The van der Waals surface area contributed by atoms with Gasteiger partial charge >= 0.3 is 0 Å². The second-order valence-corrected chi connectivity index (χ2v) is 18.2. The number of hydrogen-bond donors (Lipinski definition) is 6. The fourth-order valence-electron chi connectivity index (χ4n) is 8.92. The Hall–Kier alpha value is -7.10. The van der Waals surface area contributed by atoms with Gasteiger partial charge in [0.25, 0.3) is 0 Å². The van der Waals surface area contributed by atoms with E-state index in [0.717, 1.165) is 125 Å². The molecule has 2 atom stereocenters. The summed E-state index contributed by atoms with van der Waals surface area (Å²) in [4.78, 5) is 66.0. The number of primary amides is 2. The Morgan fingerprint density at radius 1 is 0.614 bits per heavy atom. The Labute approximate surface area is 410 Å². The monoisotopic (exact) mass is 953 g/mol. The van der Waals surface area contributed by atoms with Crippen molar-refractivity contribution in [1.29, 1.82) is 0 Å². The van der Waals surface area contributed by atoms with E-state index in [9.17, 15) is 19.2 Å². The van der Waals surface area contributed by atoms with Gasteiger partial charge in [0, 0.05) is 73.6 Å². The molecule has 16 nitrogen and oxygen atoms in total. The predicted octanol–water partition coefficient (Wildman–Crippen LogP) is 8.53. The van der Waals surface area contributed by atoms with E-state index in [0.29, 0.717) is 63.3 Å². The van der Waals surface area contributed by atoms with E-state index in [1.807, 2.05) is 62.4 Å². The van der Waals surface area contributed by atoms with Crippen LogP contribution in [0.4, 0.5) is 17.3 Å². The molecule has 10 N–H and O–H groups in total. The molecule has 0 aliphatic carbocycles. The van der Waals surface area contributed by atoms with Crippen molar-refractivity contribution in [2.45, 2.75) is 131 Å². The van der Waals surface area contributed by atoms with Crippen molar-refractivity contribution in [3.05, 3.63) is 90.0 Å². The highest BCUT2D eigenvalue weighted by atomic mass is 16.2. The van der Waals surface area contributed by atoms with Crippen molar-refractivity contribution in [3.63, 3.8) is 0 Å². The lowest BCUT2D eigenvalue weighted by atomic mass is 9.98. The van der Waals surface area contributed by atoms with Crippen LogP contribution in [0.3, 0.4) is 0 Å². The Morgan fingerprint density at radius 3 is 1.66 bits per heavy atom. The third kappa shape index (κ3) is 13.4. The smallest absolute Gasteiger partial charge is 0.220 e. The summed E-state index contributed by atoms with van der Waals surface area (Å²) in [5.41, 5.74) is 30.6. The fourth-order valence-corrected chi connectivity index (χ4v) is 8.92. The number of Topliss-reactive ketones (excluding diaryl/α,β-unsaturated/α-hetero) is 1. The number of fused-ring (bicyclic) bond motifs is 6. The highest BCUT2D eigenvalue weighted by Gasteiger charge is 2.20. The third-order valence-electron chi connectivity index (χ3n) is 13.1. The number of anilines is 3. The van der Waals surface area contributed by atoms with Crippen LogP contribution in [-0.4, -0.2) is 65.7 Å². The molecule has 3 amide bonds. The van der Waals surface area contributed by atoms with Crippen molar-refractivity contribution in [2.75, 3.05) is 29.9 Å². The summed E-state index contributed by atoms with van der Waals surface area (Å²) in [6.45, 7) is 10.5. The number of nitrogens with two attached hydrogens (primary N) is 4. The number of nitrogens with zero attached hydrogens (tertiary/aromatic N) is 6. The van der Waals surface area contributed by atoms with Gasteiger partial charge in [0.15, 0.2) is 17.4 Å². The number of carbonyl (C=O) groups is 4. The molecule has 7 rings (SSSR count). The molecule has 2 unspecified atom stereocenters. The van der Waals surface area contributed by atoms with Gasteiger partial charge in [-0.15, -0.1) is 0 Å². The van der Waals surface area contributed by atoms with Crippen LogP contribution in [0.25, 0.3) is 43.9 Å². The molecule has 0 bridgehead atoms. The first kappa shape index (κ1) is 52.3. The van der Waals surface area contributed by atoms with Gasteiger partial charge in [0.2, 0.25) is 17.7 Å². The first-order valence-electron chi connectivity index (χ1n) is 25.1. The van der Waals surface area contributed by atoms with Crippen molar-refractivity contribution >= 4 is 84.7 Å². The number of unbranched alkanes of at least 4 members (excludes halogenated alkanes) is 3. The highest BCUT2D eigenvalue weighted by Crippen LogP contribution is 2.32. The summed E-state index contributed by atoms with van der Waals surface area (Å²) in [5.74, 6) is 1.85. The summed E-state index contributed by atoms with van der Waals surface area (Å²) in [6, 6.07) is 24.2. The number of hydrogen-bond acceptors (Lipinski definition) is 11. The Bertz CT molecular complexity index is 2890. The van der Waals surface area contributed by atoms with Crippen LogP contribution < -0.4 is 33.6 Å². The number of amides is 3. The summed E-state index contributed by atoms with van der Waals surface area (Å²) < 4.78 is 4.55. The Morgan fingerprint density at radius 2 is 1.13 bits per heavy atom.